The molecule has 41 heavy (non-hydrogen) atoms. The van der Waals surface area contributed by atoms with Crippen LogP contribution in [0.25, 0.3) is 5.76 Å². The van der Waals surface area contributed by atoms with Gasteiger partial charge in [-0.05, 0) is 60.0 Å². The van der Waals surface area contributed by atoms with Gasteiger partial charge in [-0.3, -0.25) is 19.8 Å². The summed E-state index contributed by atoms with van der Waals surface area (Å²) in [6, 6.07) is 27.1. The third kappa shape index (κ3) is 5.20. The summed E-state index contributed by atoms with van der Waals surface area (Å²) in [4.78, 5) is 40.2. The van der Waals surface area contributed by atoms with Crippen LogP contribution in [0.15, 0.2) is 112 Å². The first-order chi connectivity index (χ1) is 19.4. The number of benzene rings is 4. The number of thioether (sulfide) groups is 1. The maximum Gasteiger partial charge on any atom is 2.00 e. The molecule has 10 heteroatoms. The van der Waals surface area contributed by atoms with E-state index in [-0.39, 0.29) is 50.7 Å². The minimum Gasteiger partial charge on any atom is -0.870 e. The third-order valence-electron chi connectivity index (χ3n) is 6.65. The number of amides is 2. The van der Waals surface area contributed by atoms with Gasteiger partial charge in [-0.25, -0.2) is 0 Å². The summed E-state index contributed by atoms with van der Waals surface area (Å²) in [5.41, 5.74) is 5.68. The van der Waals surface area contributed by atoms with Gasteiger partial charge < -0.3 is 5.11 Å². The molecule has 0 fully saturated rings. The molecule has 8 nitrogen and oxygen atoms in total. The molecule has 4 aromatic carbocycles. The Hall–Kier alpha value is -4.50. The SMILES string of the molecule is Cc1ccc2c(c1N=NC1=C([O-])c3cc(SCc4ccccc4)ccc3C1=O)C(=O)N(Nc1ccccc1)C2=O.[Cu+2]. The zero-order valence-electron chi connectivity index (χ0n) is 21.6. The summed E-state index contributed by atoms with van der Waals surface area (Å²) in [6.45, 7) is 1.72. The first kappa shape index (κ1) is 28.0. The molecule has 1 N–H and O–H groups in total. The number of ketones is 1. The molecule has 1 radical (unpaired) electrons. The molecule has 0 saturated heterocycles. The second-order valence-electron chi connectivity index (χ2n) is 9.27. The Labute approximate surface area is 250 Å². The summed E-state index contributed by atoms with van der Waals surface area (Å²) in [5.74, 6) is -1.46. The summed E-state index contributed by atoms with van der Waals surface area (Å²) in [5, 5.41) is 22.3. The van der Waals surface area contributed by atoms with Gasteiger partial charge in [0.25, 0.3) is 11.8 Å². The summed E-state index contributed by atoms with van der Waals surface area (Å²) in [6.07, 6.45) is 0. The van der Waals surface area contributed by atoms with E-state index in [2.05, 4.69) is 15.7 Å². The molecule has 0 unspecified atom stereocenters. The molecule has 0 aromatic heterocycles. The zero-order chi connectivity index (χ0) is 27.8. The van der Waals surface area contributed by atoms with Crippen molar-refractivity contribution in [3.8, 4) is 0 Å². The number of fused-ring (bicyclic) bond motifs is 2. The van der Waals surface area contributed by atoms with Crippen LogP contribution in [0.5, 0.6) is 0 Å². The summed E-state index contributed by atoms with van der Waals surface area (Å²) in [7, 11) is 0. The van der Waals surface area contributed by atoms with Crippen molar-refractivity contribution in [2.45, 2.75) is 17.6 Å². The number of para-hydroxylation sites is 1. The zero-order valence-corrected chi connectivity index (χ0v) is 23.3. The molecule has 4 aromatic rings. The van der Waals surface area contributed by atoms with Gasteiger partial charge in [0.2, 0.25) is 5.78 Å². The number of aryl methyl sites for hydroxylation is 1. The monoisotopic (exact) mass is 608 g/mol. The van der Waals surface area contributed by atoms with Crippen LogP contribution < -0.4 is 10.5 Å². The summed E-state index contributed by atoms with van der Waals surface area (Å²) >= 11 is 1.56. The van der Waals surface area contributed by atoms with E-state index in [1.54, 1.807) is 67.2 Å². The van der Waals surface area contributed by atoms with Crippen molar-refractivity contribution in [2.75, 3.05) is 5.43 Å². The molecule has 205 valence electrons. The minimum absolute atomic E-state index is 0. The van der Waals surface area contributed by atoms with Crippen LogP contribution in [0.1, 0.15) is 47.8 Å². The molecule has 1 aliphatic heterocycles. The van der Waals surface area contributed by atoms with Crippen LogP contribution in [0, 0.1) is 6.92 Å². The van der Waals surface area contributed by atoms with E-state index in [1.165, 1.54) is 0 Å². The van der Waals surface area contributed by atoms with Crippen LogP contribution in [-0.4, -0.2) is 22.6 Å². The number of hydrogen-bond donors (Lipinski definition) is 1. The van der Waals surface area contributed by atoms with Gasteiger partial charge in [-0.15, -0.1) is 22.0 Å². The Morgan fingerprint density at radius 1 is 0.805 bits per heavy atom. The van der Waals surface area contributed by atoms with Crippen molar-refractivity contribution in [1.29, 1.82) is 0 Å². The van der Waals surface area contributed by atoms with Crippen molar-refractivity contribution in [1.82, 2.24) is 5.01 Å². The second-order valence-corrected chi connectivity index (χ2v) is 10.3. The maximum atomic E-state index is 13.3. The van der Waals surface area contributed by atoms with Crippen LogP contribution in [0.4, 0.5) is 11.4 Å². The third-order valence-corrected chi connectivity index (χ3v) is 7.72. The second kappa shape index (κ2) is 11.5. The number of nitrogens with one attached hydrogen (secondary N) is 1. The fourth-order valence-electron chi connectivity index (χ4n) is 4.58. The molecule has 0 spiro atoms. The van der Waals surface area contributed by atoms with E-state index >= 15 is 0 Å². The van der Waals surface area contributed by atoms with Gasteiger partial charge in [-0.2, -0.15) is 5.01 Å². The predicted molar refractivity (Wildman–Crippen MR) is 150 cm³/mol. The van der Waals surface area contributed by atoms with Crippen LogP contribution in [0.2, 0.25) is 0 Å². The van der Waals surface area contributed by atoms with E-state index in [1.807, 2.05) is 42.5 Å². The Balaban J connectivity index is 0.00000337. The number of carbonyl (C=O) groups excluding carboxylic acids is 3. The number of anilines is 1. The van der Waals surface area contributed by atoms with E-state index in [0.29, 0.717) is 11.3 Å². The van der Waals surface area contributed by atoms with Gasteiger partial charge in [0.1, 0.15) is 11.4 Å². The van der Waals surface area contributed by atoms with Gasteiger partial charge >= 0.3 is 17.1 Å². The number of rotatable bonds is 7. The normalized spacial score (nSPS) is 14.0. The molecule has 1 heterocycles. The first-order valence-electron chi connectivity index (χ1n) is 12.5. The number of nitrogens with zero attached hydrogens (tertiary/aromatic N) is 3. The largest absolute Gasteiger partial charge is 2.00 e. The quantitative estimate of drug-likeness (QED) is 0.121. The fourth-order valence-corrected chi connectivity index (χ4v) is 5.47. The molecule has 2 amide bonds. The number of allylic oxidation sites excluding steroid dienone is 1. The Kier molecular flexibility index (Phi) is 7.90. The molecular weight excluding hydrogens is 588 g/mol. The van der Waals surface area contributed by atoms with Crippen LogP contribution in [-0.2, 0) is 22.8 Å². The number of hydrogen-bond acceptors (Lipinski definition) is 8. The predicted octanol–water partition coefficient (Wildman–Crippen LogP) is 5.92. The molecule has 0 bridgehead atoms. The molecule has 0 saturated carbocycles. The Morgan fingerprint density at radius 2 is 1.49 bits per heavy atom. The van der Waals surface area contributed by atoms with Gasteiger partial charge in [0, 0.05) is 16.2 Å². The average Bonchev–Trinajstić information content (AvgIpc) is 3.36. The van der Waals surface area contributed by atoms with Gasteiger partial charge in [-0.1, -0.05) is 60.4 Å². The molecule has 1 aliphatic carbocycles. The minimum atomic E-state index is -0.598. The molecule has 0 atom stereocenters. The number of Topliss-reactive ketones (excluding diaryl/α,β-unsaturated/α-hetero) is 1. The van der Waals surface area contributed by atoms with Crippen molar-refractivity contribution in [3.63, 3.8) is 0 Å². The van der Waals surface area contributed by atoms with E-state index < -0.39 is 23.4 Å². The van der Waals surface area contributed by atoms with E-state index in [4.69, 9.17) is 0 Å². The smallest absolute Gasteiger partial charge is 0.870 e. The topological polar surface area (TPSA) is 114 Å². The number of carbonyl (C=O) groups is 3. The Morgan fingerprint density at radius 3 is 2.22 bits per heavy atom. The fraction of sp³-hybridized carbons (Fsp3) is 0.0645. The van der Waals surface area contributed by atoms with Gasteiger partial charge in [0.05, 0.1) is 16.8 Å². The average molecular weight is 609 g/mol. The van der Waals surface area contributed by atoms with E-state index in [0.717, 1.165) is 21.2 Å². The van der Waals surface area contributed by atoms with Crippen molar-refractivity contribution in [3.05, 3.63) is 130 Å². The number of azo groups is 1. The molecule has 6 rings (SSSR count). The van der Waals surface area contributed by atoms with Crippen LogP contribution >= 0.6 is 11.8 Å². The molecular formula is C31H21CuN4O4S+. The Bertz CT molecular complexity index is 1760. The first-order valence-corrected chi connectivity index (χ1v) is 13.4. The standard InChI is InChI=1S/C31H22N4O4S.Cu/c1-18-12-14-23-25(31(39)35(30(23)38)34-20-10-6-3-7-11-20)26(18)32-33-27-28(36)22-15-13-21(16-24(22)29(27)37)40-17-19-8-4-2-5-9-19;/h2-16,34,37H,17H2,1H3;/q;+2/p-1. The summed E-state index contributed by atoms with van der Waals surface area (Å²) < 4.78 is 0. The van der Waals surface area contributed by atoms with E-state index in [9.17, 15) is 19.5 Å². The van der Waals surface area contributed by atoms with Crippen LogP contribution in [0.3, 0.4) is 0 Å². The number of hydrazine groups is 1. The van der Waals surface area contributed by atoms with Crippen molar-refractivity contribution < 1.29 is 36.6 Å². The number of imide groups is 1. The molecule has 2 aliphatic rings. The maximum absolute atomic E-state index is 13.3. The van der Waals surface area contributed by atoms with Crippen molar-refractivity contribution >= 4 is 46.5 Å². The van der Waals surface area contributed by atoms with Gasteiger partial charge in [0.15, 0.2) is 0 Å². The van der Waals surface area contributed by atoms with Crippen molar-refractivity contribution in [2.24, 2.45) is 10.2 Å².